The molecule has 0 spiro atoms. The zero-order chi connectivity index (χ0) is 14.1. The van der Waals surface area contributed by atoms with Crippen molar-refractivity contribution in [3.63, 3.8) is 0 Å². The molecule has 0 atom stereocenters. The lowest BCUT2D eigenvalue weighted by atomic mass is 10.1. The first-order chi connectivity index (χ1) is 9.69. The minimum Gasteiger partial charge on any atom is -0.481 e. The number of benzene rings is 1. The van der Waals surface area contributed by atoms with E-state index < -0.39 is 5.97 Å². The van der Waals surface area contributed by atoms with E-state index in [1.165, 1.54) is 0 Å². The van der Waals surface area contributed by atoms with Crippen LogP contribution in [0.2, 0.25) is 0 Å². The third-order valence-electron chi connectivity index (χ3n) is 3.31. The van der Waals surface area contributed by atoms with E-state index in [0.717, 1.165) is 29.8 Å². The van der Waals surface area contributed by atoms with Gasteiger partial charge in [0.1, 0.15) is 6.07 Å². The molecular formula is C14H12N4O2. The number of aliphatic carboxylic acids is 1. The molecule has 0 amide bonds. The summed E-state index contributed by atoms with van der Waals surface area (Å²) in [5.74, 6) is -0.498. The molecule has 0 radical (unpaired) electrons. The van der Waals surface area contributed by atoms with E-state index in [1.807, 2.05) is 0 Å². The maximum Gasteiger partial charge on any atom is 0.307 e. The Kier molecular flexibility index (Phi) is 2.95. The van der Waals surface area contributed by atoms with Crippen molar-refractivity contribution in [2.45, 2.75) is 25.2 Å². The summed E-state index contributed by atoms with van der Waals surface area (Å²) >= 11 is 0. The van der Waals surface area contributed by atoms with Gasteiger partial charge in [-0.3, -0.25) is 4.79 Å². The molecule has 1 aliphatic carbocycles. The Morgan fingerprint density at radius 1 is 1.40 bits per heavy atom. The lowest BCUT2D eigenvalue weighted by molar-refractivity contribution is -0.136. The Balaban J connectivity index is 1.95. The SMILES string of the molecule is N#Cc1nnn(-c2ccc(CC(=O)O)cc2)c1C1CC1. The highest BCUT2D eigenvalue weighted by Gasteiger charge is 2.31. The molecule has 1 aliphatic rings. The first-order valence-corrected chi connectivity index (χ1v) is 6.36. The number of carboxylic acids is 1. The molecule has 0 saturated heterocycles. The highest BCUT2D eigenvalue weighted by atomic mass is 16.4. The van der Waals surface area contributed by atoms with Crippen LogP contribution in [0.25, 0.3) is 5.69 Å². The molecular weight excluding hydrogens is 256 g/mol. The molecule has 6 heteroatoms. The highest BCUT2D eigenvalue weighted by Crippen LogP contribution is 2.41. The second kappa shape index (κ2) is 4.78. The molecule has 6 nitrogen and oxygen atoms in total. The average molecular weight is 268 g/mol. The van der Waals surface area contributed by atoms with Crippen LogP contribution in [0.4, 0.5) is 0 Å². The molecule has 3 rings (SSSR count). The summed E-state index contributed by atoms with van der Waals surface area (Å²) in [6, 6.07) is 9.20. The van der Waals surface area contributed by atoms with Gasteiger partial charge in [0.05, 0.1) is 17.8 Å². The Morgan fingerprint density at radius 3 is 2.65 bits per heavy atom. The summed E-state index contributed by atoms with van der Waals surface area (Å²) in [4.78, 5) is 10.7. The predicted molar refractivity (Wildman–Crippen MR) is 69.4 cm³/mol. The van der Waals surface area contributed by atoms with Crippen LogP contribution in [0.15, 0.2) is 24.3 Å². The van der Waals surface area contributed by atoms with Crippen molar-refractivity contribution in [2.75, 3.05) is 0 Å². The number of nitrogens with zero attached hydrogens (tertiary/aromatic N) is 4. The summed E-state index contributed by atoms with van der Waals surface area (Å²) < 4.78 is 1.68. The number of hydrogen-bond acceptors (Lipinski definition) is 4. The largest absolute Gasteiger partial charge is 0.481 e. The van der Waals surface area contributed by atoms with Crippen LogP contribution < -0.4 is 0 Å². The van der Waals surface area contributed by atoms with Gasteiger partial charge in [-0.05, 0) is 30.5 Å². The first-order valence-electron chi connectivity index (χ1n) is 6.36. The molecule has 0 bridgehead atoms. The summed E-state index contributed by atoms with van der Waals surface area (Å²) in [6.07, 6.45) is 2.11. The van der Waals surface area contributed by atoms with Crippen LogP contribution in [0.5, 0.6) is 0 Å². The molecule has 20 heavy (non-hydrogen) atoms. The Labute approximate surface area is 115 Å². The minimum absolute atomic E-state index is 0.00341. The van der Waals surface area contributed by atoms with Gasteiger partial charge >= 0.3 is 5.97 Å². The number of hydrogen-bond donors (Lipinski definition) is 1. The fraction of sp³-hybridized carbons (Fsp3) is 0.286. The zero-order valence-corrected chi connectivity index (χ0v) is 10.7. The van der Waals surface area contributed by atoms with Crippen LogP contribution in [-0.2, 0) is 11.2 Å². The molecule has 1 saturated carbocycles. The number of rotatable bonds is 4. The number of aromatic nitrogens is 3. The van der Waals surface area contributed by atoms with Crippen molar-refractivity contribution < 1.29 is 9.90 Å². The van der Waals surface area contributed by atoms with Crippen molar-refractivity contribution in [3.05, 3.63) is 41.2 Å². The second-order valence-corrected chi connectivity index (χ2v) is 4.86. The first kappa shape index (κ1) is 12.4. The normalized spacial score (nSPS) is 13.9. The van der Waals surface area contributed by atoms with Crippen LogP contribution >= 0.6 is 0 Å². The van der Waals surface area contributed by atoms with Gasteiger partial charge in [-0.25, -0.2) is 4.68 Å². The monoisotopic (exact) mass is 268 g/mol. The molecule has 100 valence electrons. The molecule has 2 aromatic rings. The lowest BCUT2D eigenvalue weighted by Crippen LogP contribution is -2.03. The van der Waals surface area contributed by atoms with E-state index in [4.69, 9.17) is 10.4 Å². The summed E-state index contributed by atoms with van der Waals surface area (Å²) in [7, 11) is 0. The van der Waals surface area contributed by atoms with Crippen LogP contribution in [-0.4, -0.2) is 26.1 Å². The number of carbonyl (C=O) groups is 1. The van der Waals surface area contributed by atoms with Gasteiger partial charge < -0.3 is 5.11 Å². The summed E-state index contributed by atoms with van der Waals surface area (Å²) in [5.41, 5.74) is 2.77. The summed E-state index contributed by atoms with van der Waals surface area (Å²) in [5, 5.41) is 25.8. The fourth-order valence-corrected chi connectivity index (χ4v) is 2.21. The predicted octanol–water partition coefficient (Wildman–Crippen LogP) is 1.64. The minimum atomic E-state index is -0.857. The van der Waals surface area contributed by atoms with Crippen LogP contribution in [0.1, 0.15) is 35.7 Å². The van der Waals surface area contributed by atoms with Crippen molar-refractivity contribution >= 4 is 5.97 Å². The Hall–Kier alpha value is -2.68. The van der Waals surface area contributed by atoms with E-state index in [9.17, 15) is 4.79 Å². The number of nitriles is 1. The van der Waals surface area contributed by atoms with Gasteiger partial charge in [-0.1, -0.05) is 17.3 Å². The van der Waals surface area contributed by atoms with E-state index >= 15 is 0 Å². The molecule has 1 aromatic carbocycles. The van der Waals surface area contributed by atoms with Crippen LogP contribution in [0, 0.1) is 11.3 Å². The van der Waals surface area contributed by atoms with Crippen molar-refractivity contribution in [3.8, 4) is 11.8 Å². The van der Waals surface area contributed by atoms with Crippen molar-refractivity contribution in [1.29, 1.82) is 5.26 Å². The van der Waals surface area contributed by atoms with Crippen molar-refractivity contribution in [2.24, 2.45) is 0 Å². The van der Waals surface area contributed by atoms with Gasteiger partial charge in [0.25, 0.3) is 0 Å². The third kappa shape index (κ3) is 2.26. The molecule has 1 N–H and O–H groups in total. The van der Waals surface area contributed by atoms with Gasteiger partial charge in [0.15, 0.2) is 5.69 Å². The molecule has 1 fully saturated rings. The number of carboxylic acid groups (broad SMARTS) is 1. The third-order valence-corrected chi connectivity index (χ3v) is 3.31. The standard InChI is InChI=1S/C14H12N4O2/c15-8-12-14(10-3-4-10)18(17-16-12)11-5-1-9(2-6-11)7-13(19)20/h1-2,5-6,10H,3-4,7H2,(H,19,20). The van der Waals surface area contributed by atoms with E-state index in [2.05, 4.69) is 16.4 Å². The zero-order valence-electron chi connectivity index (χ0n) is 10.7. The molecule has 1 aromatic heterocycles. The van der Waals surface area contributed by atoms with Gasteiger partial charge in [-0.15, -0.1) is 5.10 Å². The Morgan fingerprint density at radius 2 is 2.10 bits per heavy atom. The average Bonchev–Trinajstić information content (AvgIpc) is 3.18. The molecule has 0 unspecified atom stereocenters. The van der Waals surface area contributed by atoms with Gasteiger partial charge in [0.2, 0.25) is 0 Å². The maximum atomic E-state index is 10.7. The second-order valence-electron chi connectivity index (χ2n) is 4.86. The van der Waals surface area contributed by atoms with E-state index in [0.29, 0.717) is 11.6 Å². The van der Waals surface area contributed by atoms with E-state index in [1.54, 1.807) is 28.9 Å². The lowest BCUT2D eigenvalue weighted by Gasteiger charge is -2.06. The Bertz CT molecular complexity index is 693. The smallest absolute Gasteiger partial charge is 0.307 e. The van der Waals surface area contributed by atoms with Gasteiger partial charge in [-0.2, -0.15) is 5.26 Å². The van der Waals surface area contributed by atoms with Crippen molar-refractivity contribution in [1.82, 2.24) is 15.0 Å². The van der Waals surface area contributed by atoms with E-state index in [-0.39, 0.29) is 6.42 Å². The molecule has 1 heterocycles. The summed E-state index contributed by atoms with van der Waals surface area (Å²) in [6.45, 7) is 0. The topological polar surface area (TPSA) is 91.8 Å². The maximum absolute atomic E-state index is 10.7. The quantitative estimate of drug-likeness (QED) is 0.910. The highest BCUT2D eigenvalue weighted by molar-refractivity contribution is 5.70. The van der Waals surface area contributed by atoms with Gasteiger partial charge in [0, 0.05) is 5.92 Å². The fourth-order valence-electron chi connectivity index (χ4n) is 2.21. The van der Waals surface area contributed by atoms with Crippen LogP contribution in [0.3, 0.4) is 0 Å². The molecule has 0 aliphatic heterocycles.